The minimum atomic E-state index is -0.218. The SMILES string of the molecule is Nc1ccc(-n2nccc2NC(=O)c2ccc(Cl)s2)cc1. The third-order valence-corrected chi connectivity index (χ3v) is 4.05. The number of benzene rings is 1. The molecule has 7 heteroatoms. The van der Waals surface area contributed by atoms with Crippen molar-refractivity contribution in [2.45, 2.75) is 0 Å². The van der Waals surface area contributed by atoms with E-state index in [0.717, 1.165) is 5.69 Å². The van der Waals surface area contributed by atoms with Crippen LogP contribution in [0.4, 0.5) is 11.5 Å². The van der Waals surface area contributed by atoms with Gasteiger partial charge in [-0.05, 0) is 36.4 Å². The highest BCUT2D eigenvalue weighted by Crippen LogP contribution is 2.23. The minimum absolute atomic E-state index is 0.218. The second-order valence-electron chi connectivity index (χ2n) is 4.28. The molecular weight excluding hydrogens is 308 g/mol. The summed E-state index contributed by atoms with van der Waals surface area (Å²) in [7, 11) is 0. The van der Waals surface area contributed by atoms with E-state index in [9.17, 15) is 4.79 Å². The fraction of sp³-hybridized carbons (Fsp3) is 0. The Labute approximate surface area is 130 Å². The van der Waals surface area contributed by atoms with Gasteiger partial charge in [0.15, 0.2) is 0 Å². The first-order chi connectivity index (χ1) is 10.1. The highest BCUT2D eigenvalue weighted by Gasteiger charge is 2.12. The molecule has 1 aromatic carbocycles. The lowest BCUT2D eigenvalue weighted by molar-refractivity contribution is 0.103. The van der Waals surface area contributed by atoms with Crippen molar-refractivity contribution >= 4 is 40.4 Å². The number of thiophene rings is 1. The first-order valence-electron chi connectivity index (χ1n) is 6.10. The highest BCUT2D eigenvalue weighted by atomic mass is 35.5. The summed E-state index contributed by atoms with van der Waals surface area (Å²) in [6.45, 7) is 0. The molecular formula is C14H11ClN4OS. The molecule has 3 aromatic rings. The molecule has 0 saturated carbocycles. The molecule has 1 amide bonds. The molecule has 0 radical (unpaired) electrons. The van der Waals surface area contributed by atoms with Crippen LogP contribution >= 0.6 is 22.9 Å². The Bertz CT molecular complexity index is 778. The third-order valence-electron chi connectivity index (χ3n) is 2.82. The van der Waals surface area contributed by atoms with Gasteiger partial charge in [-0.3, -0.25) is 4.79 Å². The maximum Gasteiger partial charge on any atom is 0.266 e. The minimum Gasteiger partial charge on any atom is -0.399 e. The van der Waals surface area contributed by atoms with Crippen LogP contribution in [0.1, 0.15) is 9.67 Å². The smallest absolute Gasteiger partial charge is 0.266 e. The molecule has 0 aliphatic carbocycles. The molecule has 0 saturated heterocycles. The average molecular weight is 319 g/mol. The van der Waals surface area contributed by atoms with E-state index in [-0.39, 0.29) is 5.91 Å². The normalized spacial score (nSPS) is 10.5. The second-order valence-corrected chi connectivity index (χ2v) is 5.99. The number of anilines is 2. The van der Waals surface area contributed by atoms with E-state index in [0.29, 0.717) is 20.7 Å². The Morgan fingerprint density at radius 1 is 1.19 bits per heavy atom. The van der Waals surface area contributed by atoms with Crippen molar-refractivity contribution < 1.29 is 4.79 Å². The lowest BCUT2D eigenvalue weighted by atomic mass is 10.3. The summed E-state index contributed by atoms with van der Waals surface area (Å²) in [6, 6.07) is 12.3. The van der Waals surface area contributed by atoms with Crippen LogP contribution < -0.4 is 11.1 Å². The molecule has 3 rings (SSSR count). The molecule has 0 unspecified atom stereocenters. The molecule has 0 bridgehead atoms. The molecule has 5 nitrogen and oxygen atoms in total. The van der Waals surface area contributed by atoms with Crippen molar-refractivity contribution in [3.8, 4) is 5.69 Å². The number of carbonyl (C=O) groups excluding carboxylic acids is 1. The predicted octanol–water partition coefficient (Wildman–Crippen LogP) is 3.42. The number of carbonyl (C=O) groups is 1. The van der Waals surface area contributed by atoms with Crippen LogP contribution in [0.25, 0.3) is 5.69 Å². The Hall–Kier alpha value is -2.31. The van der Waals surface area contributed by atoms with Gasteiger partial charge in [0, 0.05) is 11.8 Å². The van der Waals surface area contributed by atoms with Crippen LogP contribution in [0, 0.1) is 0 Å². The molecule has 0 spiro atoms. The van der Waals surface area contributed by atoms with E-state index < -0.39 is 0 Å². The fourth-order valence-corrected chi connectivity index (χ4v) is 2.77. The number of halogens is 1. The van der Waals surface area contributed by atoms with E-state index in [1.54, 1.807) is 41.2 Å². The fourth-order valence-electron chi connectivity index (χ4n) is 1.83. The summed E-state index contributed by atoms with van der Waals surface area (Å²) in [6.07, 6.45) is 1.62. The van der Waals surface area contributed by atoms with Crippen LogP contribution in [0.2, 0.25) is 4.34 Å². The largest absolute Gasteiger partial charge is 0.399 e. The highest BCUT2D eigenvalue weighted by molar-refractivity contribution is 7.18. The number of hydrogen-bond donors (Lipinski definition) is 2. The zero-order chi connectivity index (χ0) is 14.8. The number of hydrogen-bond acceptors (Lipinski definition) is 4. The van der Waals surface area contributed by atoms with Gasteiger partial charge in [-0.15, -0.1) is 11.3 Å². The van der Waals surface area contributed by atoms with Gasteiger partial charge >= 0.3 is 0 Å². The van der Waals surface area contributed by atoms with Crippen LogP contribution in [-0.4, -0.2) is 15.7 Å². The Morgan fingerprint density at radius 2 is 1.95 bits per heavy atom. The van der Waals surface area contributed by atoms with Crippen molar-refractivity contribution in [1.82, 2.24) is 9.78 Å². The van der Waals surface area contributed by atoms with Gasteiger partial charge in [0.25, 0.3) is 5.91 Å². The van der Waals surface area contributed by atoms with E-state index in [1.165, 1.54) is 11.3 Å². The number of nitrogens with one attached hydrogen (secondary N) is 1. The maximum atomic E-state index is 12.1. The quantitative estimate of drug-likeness (QED) is 0.727. The lowest BCUT2D eigenvalue weighted by Gasteiger charge is -2.08. The maximum absolute atomic E-state index is 12.1. The molecule has 2 aromatic heterocycles. The molecule has 0 fully saturated rings. The predicted molar refractivity (Wildman–Crippen MR) is 85.3 cm³/mol. The summed E-state index contributed by atoms with van der Waals surface area (Å²) in [5.74, 6) is 0.360. The molecule has 0 atom stereocenters. The van der Waals surface area contributed by atoms with Crippen molar-refractivity contribution in [2.75, 3.05) is 11.1 Å². The first kappa shape index (κ1) is 13.7. The Balaban J connectivity index is 1.86. The zero-order valence-electron chi connectivity index (χ0n) is 10.8. The second kappa shape index (κ2) is 5.59. The number of amides is 1. The average Bonchev–Trinajstić information content (AvgIpc) is 3.09. The zero-order valence-corrected chi connectivity index (χ0v) is 12.4. The molecule has 0 aliphatic heterocycles. The molecule has 106 valence electrons. The van der Waals surface area contributed by atoms with Crippen LogP contribution in [-0.2, 0) is 0 Å². The van der Waals surface area contributed by atoms with E-state index in [2.05, 4.69) is 10.4 Å². The van der Waals surface area contributed by atoms with Crippen LogP contribution in [0.15, 0.2) is 48.7 Å². The summed E-state index contributed by atoms with van der Waals surface area (Å²) in [4.78, 5) is 12.7. The summed E-state index contributed by atoms with van der Waals surface area (Å²) in [5.41, 5.74) is 7.15. The van der Waals surface area contributed by atoms with E-state index in [4.69, 9.17) is 17.3 Å². The van der Waals surface area contributed by atoms with Gasteiger partial charge in [0.1, 0.15) is 5.82 Å². The molecule has 0 aliphatic rings. The van der Waals surface area contributed by atoms with Gasteiger partial charge in [-0.2, -0.15) is 5.10 Å². The molecule has 3 N–H and O–H groups in total. The van der Waals surface area contributed by atoms with Gasteiger partial charge in [0.05, 0.1) is 21.1 Å². The van der Waals surface area contributed by atoms with Crippen molar-refractivity contribution in [2.24, 2.45) is 0 Å². The van der Waals surface area contributed by atoms with Crippen LogP contribution in [0.3, 0.4) is 0 Å². The van der Waals surface area contributed by atoms with Crippen LogP contribution in [0.5, 0.6) is 0 Å². The van der Waals surface area contributed by atoms with E-state index >= 15 is 0 Å². The van der Waals surface area contributed by atoms with Crippen molar-refractivity contribution in [3.63, 3.8) is 0 Å². The van der Waals surface area contributed by atoms with Gasteiger partial charge in [-0.25, -0.2) is 4.68 Å². The third kappa shape index (κ3) is 2.91. The Morgan fingerprint density at radius 3 is 2.62 bits per heavy atom. The van der Waals surface area contributed by atoms with Gasteiger partial charge in [0.2, 0.25) is 0 Å². The summed E-state index contributed by atoms with van der Waals surface area (Å²) in [5, 5.41) is 7.02. The van der Waals surface area contributed by atoms with Crippen molar-refractivity contribution in [1.29, 1.82) is 0 Å². The summed E-state index contributed by atoms with van der Waals surface area (Å²) >= 11 is 7.07. The van der Waals surface area contributed by atoms with E-state index in [1.807, 2.05) is 12.1 Å². The number of nitrogens with two attached hydrogens (primary N) is 1. The molecule has 21 heavy (non-hydrogen) atoms. The first-order valence-corrected chi connectivity index (χ1v) is 7.29. The number of rotatable bonds is 3. The number of aromatic nitrogens is 2. The van der Waals surface area contributed by atoms with Gasteiger partial charge < -0.3 is 11.1 Å². The van der Waals surface area contributed by atoms with Crippen molar-refractivity contribution in [3.05, 3.63) is 57.9 Å². The lowest BCUT2D eigenvalue weighted by Crippen LogP contribution is -2.13. The Kier molecular flexibility index (Phi) is 3.64. The number of nitrogens with zero attached hydrogens (tertiary/aromatic N) is 2. The number of nitrogen functional groups attached to an aromatic ring is 1. The molecule has 2 heterocycles. The monoisotopic (exact) mass is 318 g/mol. The summed E-state index contributed by atoms with van der Waals surface area (Å²) < 4.78 is 2.21. The topological polar surface area (TPSA) is 72.9 Å². The van der Waals surface area contributed by atoms with Gasteiger partial charge in [-0.1, -0.05) is 11.6 Å². The standard InChI is InChI=1S/C14H11ClN4OS/c15-12-6-5-11(21-12)14(20)18-13-7-8-17-19(13)10-3-1-9(16)2-4-10/h1-8H,16H2,(H,18,20).